The zero-order valence-electron chi connectivity index (χ0n) is 31.3. The third-order valence-electron chi connectivity index (χ3n) is 13.6. The van der Waals surface area contributed by atoms with Crippen LogP contribution in [-0.4, -0.2) is 6.85 Å². The molecule has 0 bridgehead atoms. The summed E-state index contributed by atoms with van der Waals surface area (Å²) in [6, 6.07) is 62.5. The van der Waals surface area contributed by atoms with Crippen LogP contribution in [0, 0.1) is 0 Å². The quantitative estimate of drug-likeness (QED) is 0.160. The summed E-state index contributed by atoms with van der Waals surface area (Å²) in [6.45, 7) is 4.82. The van der Waals surface area contributed by atoms with Gasteiger partial charge in [0.2, 0.25) is 0 Å². The fraction of sp³-hybridized carbons (Fsp3) is 0.0943. The zero-order valence-corrected chi connectivity index (χ0v) is 32.1. The van der Waals surface area contributed by atoms with Crippen molar-refractivity contribution in [2.45, 2.75) is 31.6 Å². The second kappa shape index (κ2) is 11.0. The van der Waals surface area contributed by atoms with Crippen molar-refractivity contribution in [3.63, 3.8) is 0 Å². The topological polar surface area (TPSA) is 3.24 Å². The molecule has 8 aromatic carbocycles. The average molecular weight is 730 g/mol. The van der Waals surface area contributed by atoms with Gasteiger partial charge < -0.3 is 4.81 Å². The van der Waals surface area contributed by atoms with Gasteiger partial charge in [0.15, 0.2) is 0 Å². The lowest BCUT2D eigenvalue weighted by Crippen LogP contribution is -2.62. The maximum absolute atomic E-state index is 2.75. The summed E-state index contributed by atoms with van der Waals surface area (Å²) >= 11 is 1.98. The van der Waals surface area contributed by atoms with Crippen molar-refractivity contribution in [1.82, 2.24) is 0 Å². The second-order valence-corrected chi connectivity index (χ2v) is 17.8. The number of fused-ring (bicyclic) bond motifs is 13. The van der Waals surface area contributed by atoms with E-state index in [1.54, 1.807) is 0 Å². The predicted molar refractivity (Wildman–Crippen MR) is 239 cm³/mol. The van der Waals surface area contributed by atoms with Gasteiger partial charge in [0, 0.05) is 43.2 Å². The number of hydrogen-bond donors (Lipinski definition) is 0. The Morgan fingerprint density at radius 1 is 0.589 bits per heavy atom. The third-order valence-corrected chi connectivity index (χ3v) is 14.9. The van der Waals surface area contributed by atoms with E-state index < -0.39 is 0 Å². The van der Waals surface area contributed by atoms with Crippen LogP contribution < -0.4 is 15.7 Å². The molecular formula is C53H36BNS. The van der Waals surface area contributed by atoms with Gasteiger partial charge in [-0.2, -0.15) is 0 Å². The molecule has 0 radical (unpaired) electrons. The molecule has 0 amide bonds. The highest BCUT2D eigenvalue weighted by Gasteiger charge is 2.48. The van der Waals surface area contributed by atoms with Crippen molar-refractivity contribution in [3.8, 4) is 43.8 Å². The van der Waals surface area contributed by atoms with E-state index in [1.807, 2.05) is 11.3 Å². The van der Waals surface area contributed by atoms with E-state index >= 15 is 0 Å². The van der Waals surface area contributed by atoms with Crippen molar-refractivity contribution in [2.24, 2.45) is 0 Å². The number of thiophene rings is 1. The van der Waals surface area contributed by atoms with Gasteiger partial charge >= 0.3 is 6.85 Å². The Bertz CT molecular complexity index is 3170. The Kier molecular flexibility index (Phi) is 6.10. The predicted octanol–water partition coefficient (Wildman–Crippen LogP) is 12.6. The molecule has 262 valence electrons. The van der Waals surface area contributed by atoms with E-state index in [1.165, 1.54) is 115 Å². The van der Waals surface area contributed by atoms with Gasteiger partial charge in [0.25, 0.3) is 0 Å². The smallest absolute Gasteiger partial charge is 0.329 e. The molecule has 2 aliphatic heterocycles. The van der Waals surface area contributed by atoms with Gasteiger partial charge in [-0.1, -0.05) is 153 Å². The van der Waals surface area contributed by atoms with Crippen LogP contribution in [0.1, 0.15) is 47.6 Å². The van der Waals surface area contributed by atoms with E-state index in [0.717, 1.165) is 6.42 Å². The summed E-state index contributed by atoms with van der Waals surface area (Å²) < 4.78 is 1.39. The van der Waals surface area contributed by atoms with Crippen LogP contribution in [0.25, 0.3) is 64.7 Å². The van der Waals surface area contributed by atoms with Crippen LogP contribution in [0.4, 0.5) is 11.4 Å². The molecule has 4 aliphatic rings. The summed E-state index contributed by atoms with van der Waals surface area (Å²) in [4.78, 5) is 4.20. The number of rotatable bonds is 2. The van der Waals surface area contributed by atoms with Gasteiger partial charge in [0.05, 0.1) is 0 Å². The number of hydrogen-bond acceptors (Lipinski definition) is 2. The van der Waals surface area contributed by atoms with Gasteiger partial charge in [-0.3, -0.25) is 0 Å². The highest BCUT2D eigenvalue weighted by atomic mass is 32.1. The summed E-state index contributed by atoms with van der Waals surface area (Å²) in [5.74, 6) is 0.262. The van der Waals surface area contributed by atoms with Gasteiger partial charge in [-0.25, -0.2) is 0 Å². The minimum absolute atomic E-state index is 0.00944. The molecule has 3 heteroatoms. The van der Waals surface area contributed by atoms with Crippen LogP contribution in [0.15, 0.2) is 164 Å². The van der Waals surface area contributed by atoms with Crippen LogP contribution in [0.2, 0.25) is 0 Å². The number of anilines is 2. The summed E-state index contributed by atoms with van der Waals surface area (Å²) in [7, 11) is 0. The minimum Gasteiger partial charge on any atom is -0.376 e. The van der Waals surface area contributed by atoms with E-state index in [2.05, 4.69) is 182 Å². The van der Waals surface area contributed by atoms with Crippen molar-refractivity contribution < 1.29 is 0 Å². The lowest BCUT2D eigenvalue weighted by molar-refractivity contribution is 0.660. The summed E-state index contributed by atoms with van der Waals surface area (Å²) in [6.07, 6.45) is 1.01. The molecule has 0 saturated carbocycles. The molecular weight excluding hydrogens is 693 g/mol. The Morgan fingerprint density at radius 3 is 2.25 bits per heavy atom. The Balaban J connectivity index is 1.16. The normalized spacial score (nSPS) is 16.2. The second-order valence-electron chi connectivity index (χ2n) is 16.7. The van der Waals surface area contributed by atoms with Crippen molar-refractivity contribution in [1.29, 1.82) is 0 Å². The molecule has 0 N–H and O–H groups in total. The monoisotopic (exact) mass is 729 g/mol. The lowest BCUT2D eigenvalue weighted by atomic mass is 9.39. The first-order valence-electron chi connectivity index (χ1n) is 20.0. The van der Waals surface area contributed by atoms with Crippen LogP contribution >= 0.6 is 11.3 Å². The van der Waals surface area contributed by atoms with Crippen LogP contribution in [-0.2, 0) is 11.8 Å². The third kappa shape index (κ3) is 3.96. The fourth-order valence-corrected chi connectivity index (χ4v) is 12.5. The zero-order chi connectivity index (χ0) is 36.9. The summed E-state index contributed by atoms with van der Waals surface area (Å²) in [5.41, 5.74) is 22.1. The first-order chi connectivity index (χ1) is 27.5. The van der Waals surface area contributed by atoms with Crippen LogP contribution in [0.5, 0.6) is 0 Å². The molecule has 1 nitrogen and oxygen atoms in total. The SMILES string of the molecule is CC1(C)c2ccccc2-c2ccc(N3B4c5cccc6c5C(Cc5c-6sc6ccccc56)c5cc(-c6ccccc6)cc(c54)-c4ccc5ccccc5c43)cc21. The molecule has 9 aromatic rings. The maximum Gasteiger partial charge on any atom is 0.329 e. The van der Waals surface area contributed by atoms with Crippen molar-refractivity contribution in [2.75, 3.05) is 4.81 Å². The Labute approximate surface area is 331 Å². The highest BCUT2D eigenvalue weighted by Crippen LogP contribution is 2.55. The molecule has 1 aromatic heterocycles. The molecule has 0 spiro atoms. The molecule has 0 fully saturated rings. The minimum atomic E-state index is -0.103. The van der Waals surface area contributed by atoms with Crippen LogP contribution in [0.3, 0.4) is 0 Å². The molecule has 2 aliphatic carbocycles. The highest BCUT2D eigenvalue weighted by molar-refractivity contribution is 7.22. The average Bonchev–Trinajstić information content (AvgIpc) is 3.74. The molecule has 3 heterocycles. The van der Waals surface area contributed by atoms with E-state index in [9.17, 15) is 0 Å². The van der Waals surface area contributed by atoms with Crippen molar-refractivity contribution in [3.05, 3.63) is 192 Å². The summed E-state index contributed by atoms with van der Waals surface area (Å²) in [5, 5.41) is 3.98. The lowest BCUT2D eigenvalue weighted by Gasteiger charge is -2.46. The Morgan fingerprint density at radius 2 is 1.34 bits per heavy atom. The van der Waals surface area contributed by atoms with E-state index in [0.29, 0.717) is 0 Å². The van der Waals surface area contributed by atoms with Gasteiger partial charge in [-0.15, -0.1) is 11.3 Å². The first kappa shape index (κ1) is 31.1. The van der Waals surface area contributed by atoms with E-state index in [-0.39, 0.29) is 18.2 Å². The molecule has 56 heavy (non-hydrogen) atoms. The van der Waals surface area contributed by atoms with Gasteiger partial charge in [-0.05, 0) is 114 Å². The largest absolute Gasteiger partial charge is 0.376 e. The molecule has 1 atom stereocenters. The Hall–Kier alpha value is -6.16. The van der Waals surface area contributed by atoms with Crippen molar-refractivity contribution >= 4 is 61.3 Å². The first-order valence-corrected chi connectivity index (χ1v) is 20.8. The maximum atomic E-state index is 2.75. The molecule has 1 unspecified atom stereocenters. The van der Waals surface area contributed by atoms with Gasteiger partial charge in [0.1, 0.15) is 0 Å². The number of benzene rings is 8. The molecule has 13 rings (SSSR count). The molecule has 0 saturated heterocycles. The number of nitrogens with zero attached hydrogens (tertiary/aromatic N) is 1. The standard InChI is InChI=1S/C53H36BNS/c1-53(2)45-20-10-8-17-36(45)37-26-24-34(29-46(37)53)55-51-35-16-7-6-15-32(35)23-25-39(51)42-27-33(31-13-4-3-5-14-31)28-43-41-30-44-38-18-9-11-22-48(38)56-52(44)40-19-12-21-47(49(40)41)54(55)50(42)43/h3-29,41H,30H2,1-2H3. The fourth-order valence-electron chi connectivity index (χ4n) is 11.2. The van der Waals surface area contributed by atoms with E-state index in [4.69, 9.17) is 0 Å².